The quantitative estimate of drug-likeness (QED) is 0.679. The van der Waals surface area contributed by atoms with Gasteiger partial charge in [0.05, 0.1) is 13.1 Å². The van der Waals surface area contributed by atoms with Gasteiger partial charge in [0.2, 0.25) is 11.8 Å². The second kappa shape index (κ2) is 9.44. The molecule has 1 aromatic carbocycles. The van der Waals surface area contributed by atoms with Crippen LogP contribution in [0.25, 0.3) is 0 Å². The predicted molar refractivity (Wildman–Crippen MR) is 110 cm³/mol. The Hall–Kier alpha value is -2.33. The largest absolute Gasteiger partial charge is 0.432 e. The van der Waals surface area contributed by atoms with Crippen LogP contribution in [0.5, 0.6) is 5.75 Å². The van der Waals surface area contributed by atoms with Crippen LogP contribution in [0.3, 0.4) is 0 Å². The maximum atomic E-state index is 13.5. The van der Waals surface area contributed by atoms with Crippen molar-refractivity contribution in [1.82, 2.24) is 15.1 Å². The summed E-state index contributed by atoms with van der Waals surface area (Å²) in [5, 5.41) is 5.58. The molecule has 2 amide bonds. The van der Waals surface area contributed by atoms with Crippen LogP contribution < -0.4 is 15.4 Å². The van der Waals surface area contributed by atoms with E-state index in [4.69, 9.17) is 0 Å². The fourth-order valence-electron chi connectivity index (χ4n) is 4.18. The molecular weight excluding hydrogens is 413 g/mol. The van der Waals surface area contributed by atoms with Gasteiger partial charge in [-0.3, -0.25) is 19.4 Å². The second-order valence-electron chi connectivity index (χ2n) is 9.11. The number of nitrogens with one attached hydrogen (secondary N) is 2. The zero-order valence-electron chi connectivity index (χ0n) is 18.0. The van der Waals surface area contributed by atoms with Crippen LogP contribution in [0.15, 0.2) is 18.2 Å². The molecule has 4 rings (SSSR count). The van der Waals surface area contributed by atoms with Crippen molar-refractivity contribution >= 4 is 17.5 Å². The van der Waals surface area contributed by atoms with Crippen LogP contribution in [-0.4, -0.2) is 72.0 Å². The van der Waals surface area contributed by atoms with Crippen molar-refractivity contribution in [2.75, 3.05) is 31.5 Å². The van der Waals surface area contributed by atoms with Crippen molar-refractivity contribution in [2.24, 2.45) is 0 Å². The number of hydrogen-bond acceptors (Lipinski definition) is 5. The van der Waals surface area contributed by atoms with E-state index in [1.807, 2.05) is 20.8 Å². The van der Waals surface area contributed by atoms with Crippen LogP contribution >= 0.6 is 0 Å². The summed E-state index contributed by atoms with van der Waals surface area (Å²) in [5.74, 6) is -1.88. The van der Waals surface area contributed by atoms with Crippen LogP contribution in [-0.2, 0) is 9.59 Å². The molecule has 2 N–H and O–H groups in total. The van der Waals surface area contributed by atoms with E-state index in [2.05, 4.69) is 25.2 Å². The number of fused-ring (bicyclic) bond motifs is 3. The highest BCUT2D eigenvalue weighted by atomic mass is 19.3. The number of rotatable bonds is 7. The minimum Gasteiger partial charge on any atom is -0.432 e. The van der Waals surface area contributed by atoms with Crippen LogP contribution in [0.1, 0.15) is 33.6 Å². The molecule has 0 aliphatic carbocycles. The van der Waals surface area contributed by atoms with Crippen molar-refractivity contribution in [3.05, 3.63) is 24.0 Å². The number of benzene rings is 1. The highest BCUT2D eigenvalue weighted by molar-refractivity contribution is 5.92. The van der Waals surface area contributed by atoms with Crippen LogP contribution in [0.2, 0.25) is 0 Å². The molecule has 1 aromatic rings. The SMILES string of the molecule is CC(C)(C)NC(=O)CN1C[C@@H]2CC[C@H]1CN2CC(=O)Nc1ccc(F)c(OC(F)F)c1. The van der Waals surface area contributed by atoms with Crippen molar-refractivity contribution < 1.29 is 27.5 Å². The highest BCUT2D eigenvalue weighted by Gasteiger charge is 2.40. The molecule has 3 heterocycles. The molecule has 7 nitrogen and oxygen atoms in total. The lowest BCUT2D eigenvalue weighted by molar-refractivity contribution is -0.128. The van der Waals surface area contributed by atoms with E-state index in [1.165, 1.54) is 6.07 Å². The summed E-state index contributed by atoms with van der Waals surface area (Å²) in [5.41, 5.74) is -0.0963. The van der Waals surface area contributed by atoms with E-state index < -0.39 is 18.2 Å². The Morgan fingerprint density at radius 3 is 2.19 bits per heavy atom. The lowest BCUT2D eigenvalue weighted by atomic mass is 9.90. The minimum absolute atomic E-state index is 0.0116. The smallest absolute Gasteiger partial charge is 0.387 e. The maximum absolute atomic E-state index is 13.5. The van der Waals surface area contributed by atoms with Gasteiger partial charge in [-0.1, -0.05) is 0 Å². The monoisotopic (exact) mass is 442 g/mol. The maximum Gasteiger partial charge on any atom is 0.387 e. The molecule has 172 valence electrons. The number of alkyl halides is 2. The Balaban J connectivity index is 1.53. The third-order valence-electron chi connectivity index (χ3n) is 5.40. The van der Waals surface area contributed by atoms with E-state index in [1.54, 1.807) is 0 Å². The van der Waals surface area contributed by atoms with Gasteiger partial charge in [0.1, 0.15) is 0 Å². The number of hydrogen-bond donors (Lipinski definition) is 2. The molecule has 3 aliphatic heterocycles. The molecule has 3 aliphatic rings. The average Bonchev–Trinajstić information content (AvgIpc) is 2.63. The number of amides is 2. The van der Waals surface area contributed by atoms with Crippen molar-refractivity contribution in [3.8, 4) is 5.75 Å². The number of ether oxygens (including phenoxy) is 1. The standard InChI is InChI=1S/C21H29F3N4O3/c1-21(2,3)26-19(30)12-28-10-14-5-6-15(28)9-27(14)11-18(29)25-13-4-7-16(22)17(8-13)31-20(23)24/h4,7-8,14-15,20H,5-6,9-12H2,1-3H3,(H,25,29)(H,26,30)/t14-,15-/m0/s1. The molecule has 2 atom stereocenters. The molecular formula is C21H29F3N4O3. The zero-order valence-corrected chi connectivity index (χ0v) is 18.0. The van der Waals surface area contributed by atoms with Crippen LogP contribution in [0.4, 0.5) is 18.9 Å². The number of piperidine rings is 2. The summed E-state index contributed by atoms with van der Waals surface area (Å²) in [4.78, 5) is 29.0. The fraction of sp³-hybridized carbons (Fsp3) is 0.619. The molecule has 3 fully saturated rings. The molecule has 31 heavy (non-hydrogen) atoms. The molecule has 2 bridgehead atoms. The van der Waals surface area contributed by atoms with Gasteiger partial charge in [-0.05, 0) is 45.7 Å². The summed E-state index contributed by atoms with van der Waals surface area (Å²) in [7, 11) is 0. The Labute approximate surface area is 179 Å². The third kappa shape index (κ3) is 6.57. The average molecular weight is 442 g/mol. The Morgan fingerprint density at radius 1 is 1.10 bits per heavy atom. The van der Waals surface area contributed by atoms with Crippen molar-refractivity contribution in [2.45, 2.75) is 57.8 Å². The molecule has 0 radical (unpaired) electrons. The Morgan fingerprint density at radius 2 is 1.68 bits per heavy atom. The third-order valence-corrected chi connectivity index (χ3v) is 5.40. The number of anilines is 1. The highest BCUT2D eigenvalue weighted by Crippen LogP contribution is 2.29. The van der Waals surface area contributed by atoms with Gasteiger partial charge < -0.3 is 15.4 Å². The van der Waals surface area contributed by atoms with Crippen molar-refractivity contribution in [1.29, 1.82) is 0 Å². The van der Waals surface area contributed by atoms with Gasteiger partial charge >= 0.3 is 6.61 Å². The second-order valence-corrected chi connectivity index (χ2v) is 9.11. The summed E-state index contributed by atoms with van der Waals surface area (Å²) in [6.45, 7) is 4.51. The van der Waals surface area contributed by atoms with E-state index in [0.29, 0.717) is 19.6 Å². The zero-order chi connectivity index (χ0) is 22.8. The van der Waals surface area contributed by atoms with Gasteiger partial charge in [-0.15, -0.1) is 0 Å². The topological polar surface area (TPSA) is 73.9 Å². The van der Waals surface area contributed by atoms with E-state index in [-0.39, 0.29) is 41.7 Å². The number of carbonyl (C=O) groups is 2. The van der Waals surface area contributed by atoms with E-state index in [0.717, 1.165) is 25.0 Å². The summed E-state index contributed by atoms with van der Waals surface area (Å²) >= 11 is 0. The number of carbonyl (C=O) groups excluding carboxylic acids is 2. The van der Waals surface area contributed by atoms with E-state index in [9.17, 15) is 22.8 Å². The molecule has 0 spiro atoms. The van der Waals surface area contributed by atoms with Crippen molar-refractivity contribution in [3.63, 3.8) is 0 Å². The summed E-state index contributed by atoms with van der Waals surface area (Å²) in [6.07, 6.45) is 1.91. The number of halogens is 3. The van der Waals surface area contributed by atoms with Gasteiger partial charge in [0, 0.05) is 42.5 Å². The minimum atomic E-state index is -3.15. The lowest BCUT2D eigenvalue weighted by Gasteiger charge is -2.51. The first-order chi connectivity index (χ1) is 14.5. The van der Waals surface area contributed by atoms with Gasteiger partial charge in [-0.25, -0.2) is 4.39 Å². The fourth-order valence-corrected chi connectivity index (χ4v) is 4.18. The van der Waals surface area contributed by atoms with Crippen LogP contribution in [0, 0.1) is 5.82 Å². The first-order valence-electron chi connectivity index (χ1n) is 10.3. The molecule has 0 saturated carbocycles. The Kier molecular flexibility index (Phi) is 7.10. The molecule has 0 aromatic heterocycles. The number of piperazine rings is 1. The normalized spacial score (nSPS) is 21.9. The predicted octanol–water partition coefficient (Wildman–Crippen LogP) is 2.43. The molecule has 0 unspecified atom stereocenters. The molecule has 10 heteroatoms. The summed E-state index contributed by atoms with van der Waals surface area (Å²) < 4.78 is 42.4. The Bertz CT molecular complexity index is 816. The summed E-state index contributed by atoms with van der Waals surface area (Å²) in [6, 6.07) is 3.65. The van der Waals surface area contributed by atoms with Gasteiger partial charge in [-0.2, -0.15) is 8.78 Å². The first kappa shape index (κ1) is 23.3. The van der Waals surface area contributed by atoms with Gasteiger partial charge in [0.25, 0.3) is 0 Å². The number of nitrogens with zero attached hydrogens (tertiary/aromatic N) is 2. The van der Waals surface area contributed by atoms with E-state index >= 15 is 0 Å². The first-order valence-corrected chi connectivity index (χ1v) is 10.3. The lowest BCUT2D eigenvalue weighted by Crippen LogP contribution is -2.65. The van der Waals surface area contributed by atoms with Gasteiger partial charge in [0.15, 0.2) is 11.6 Å². The molecule has 3 saturated heterocycles.